The standard InChI is InChI=1S/C23H20F4/c1-13-5-7-19(14(2)9-13)17-6-8-20(15(3)10-17)18-11-21(23(25,26)27)16(4)22(24)12-18/h5-12H,1-4H3. The van der Waals surface area contributed by atoms with Crippen molar-refractivity contribution in [3.63, 3.8) is 0 Å². The molecule has 3 aromatic carbocycles. The maximum Gasteiger partial charge on any atom is 0.416 e. The lowest BCUT2D eigenvalue weighted by Gasteiger charge is -2.15. The monoisotopic (exact) mass is 372 g/mol. The van der Waals surface area contributed by atoms with Gasteiger partial charge in [-0.15, -0.1) is 0 Å². The summed E-state index contributed by atoms with van der Waals surface area (Å²) >= 11 is 0. The van der Waals surface area contributed by atoms with E-state index in [1.807, 2.05) is 45.0 Å². The average Bonchev–Trinajstić information content (AvgIpc) is 2.56. The van der Waals surface area contributed by atoms with Crippen molar-refractivity contribution in [1.29, 1.82) is 0 Å². The molecule has 0 atom stereocenters. The molecule has 0 fully saturated rings. The van der Waals surface area contributed by atoms with Crippen LogP contribution in [0.25, 0.3) is 22.3 Å². The van der Waals surface area contributed by atoms with Crippen molar-refractivity contribution in [2.24, 2.45) is 0 Å². The third-order valence-corrected chi connectivity index (χ3v) is 4.88. The Hall–Kier alpha value is -2.62. The van der Waals surface area contributed by atoms with Crippen molar-refractivity contribution >= 4 is 0 Å². The summed E-state index contributed by atoms with van der Waals surface area (Å²) in [5.41, 5.74) is 4.65. The molecule has 0 unspecified atom stereocenters. The Labute approximate surface area is 156 Å². The first-order valence-corrected chi connectivity index (χ1v) is 8.64. The minimum absolute atomic E-state index is 0.232. The Morgan fingerprint density at radius 1 is 0.667 bits per heavy atom. The molecular weight excluding hydrogens is 352 g/mol. The summed E-state index contributed by atoms with van der Waals surface area (Å²) in [5.74, 6) is -0.849. The zero-order valence-electron chi connectivity index (χ0n) is 15.6. The Morgan fingerprint density at radius 2 is 1.26 bits per heavy atom. The smallest absolute Gasteiger partial charge is 0.207 e. The molecule has 140 valence electrons. The largest absolute Gasteiger partial charge is 0.416 e. The maximum atomic E-state index is 14.1. The van der Waals surface area contributed by atoms with Gasteiger partial charge in [0.1, 0.15) is 5.82 Å². The van der Waals surface area contributed by atoms with Gasteiger partial charge in [-0.3, -0.25) is 0 Å². The Kier molecular flexibility index (Phi) is 4.85. The molecule has 0 heterocycles. The van der Waals surface area contributed by atoms with Crippen molar-refractivity contribution in [1.82, 2.24) is 0 Å². The fourth-order valence-electron chi connectivity index (χ4n) is 3.42. The van der Waals surface area contributed by atoms with Gasteiger partial charge in [-0.1, -0.05) is 42.0 Å². The highest BCUT2D eigenvalue weighted by molar-refractivity contribution is 5.75. The van der Waals surface area contributed by atoms with Crippen molar-refractivity contribution in [2.75, 3.05) is 0 Å². The molecule has 0 aliphatic heterocycles. The van der Waals surface area contributed by atoms with Gasteiger partial charge in [0.15, 0.2) is 0 Å². The number of benzene rings is 3. The van der Waals surface area contributed by atoms with E-state index in [0.717, 1.165) is 35.2 Å². The molecule has 27 heavy (non-hydrogen) atoms. The molecule has 0 saturated heterocycles. The second kappa shape index (κ2) is 6.84. The van der Waals surface area contributed by atoms with E-state index < -0.39 is 17.6 Å². The van der Waals surface area contributed by atoms with Crippen molar-refractivity contribution in [3.8, 4) is 22.3 Å². The van der Waals surface area contributed by atoms with Crippen molar-refractivity contribution < 1.29 is 17.6 Å². The molecule has 0 saturated carbocycles. The highest BCUT2D eigenvalue weighted by Gasteiger charge is 2.34. The summed E-state index contributed by atoms with van der Waals surface area (Å²) in [6, 6.07) is 13.9. The second-order valence-corrected chi connectivity index (χ2v) is 6.98. The summed E-state index contributed by atoms with van der Waals surface area (Å²) < 4.78 is 53.8. The molecule has 0 aromatic heterocycles. The van der Waals surface area contributed by atoms with Crippen LogP contribution in [0.3, 0.4) is 0 Å². The first-order valence-electron chi connectivity index (χ1n) is 8.64. The number of halogens is 4. The first kappa shape index (κ1) is 19.2. The fourth-order valence-corrected chi connectivity index (χ4v) is 3.42. The summed E-state index contributed by atoms with van der Waals surface area (Å²) in [6.45, 7) is 7.03. The highest BCUT2D eigenvalue weighted by atomic mass is 19.4. The van der Waals surface area contributed by atoms with Crippen LogP contribution in [0.4, 0.5) is 17.6 Å². The first-order chi connectivity index (χ1) is 12.6. The van der Waals surface area contributed by atoms with Crippen LogP contribution >= 0.6 is 0 Å². The van der Waals surface area contributed by atoms with Gasteiger partial charge in [-0.25, -0.2) is 4.39 Å². The van der Waals surface area contributed by atoms with Crippen LogP contribution in [0, 0.1) is 33.5 Å². The van der Waals surface area contributed by atoms with E-state index in [2.05, 4.69) is 6.07 Å². The summed E-state index contributed by atoms with van der Waals surface area (Å²) in [5, 5.41) is 0. The molecule has 0 bridgehead atoms. The zero-order chi connectivity index (χ0) is 19.9. The van der Waals surface area contributed by atoms with E-state index in [4.69, 9.17) is 0 Å². The van der Waals surface area contributed by atoms with E-state index in [1.165, 1.54) is 11.6 Å². The van der Waals surface area contributed by atoms with Crippen LogP contribution in [0.5, 0.6) is 0 Å². The highest BCUT2D eigenvalue weighted by Crippen LogP contribution is 2.37. The van der Waals surface area contributed by atoms with Gasteiger partial charge in [0, 0.05) is 0 Å². The van der Waals surface area contributed by atoms with Gasteiger partial charge in [-0.2, -0.15) is 13.2 Å². The Bertz CT molecular complexity index is 1010. The molecule has 0 radical (unpaired) electrons. The summed E-state index contributed by atoms with van der Waals surface area (Å²) in [7, 11) is 0. The predicted octanol–water partition coefficient (Wildman–Crippen LogP) is 7.41. The lowest BCUT2D eigenvalue weighted by molar-refractivity contribution is -0.138. The molecule has 0 N–H and O–H groups in total. The van der Waals surface area contributed by atoms with Gasteiger partial charge >= 0.3 is 6.18 Å². The Morgan fingerprint density at radius 3 is 1.85 bits per heavy atom. The van der Waals surface area contributed by atoms with Crippen LogP contribution in [0.15, 0.2) is 48.5 Å². The normalized spacial score (nSPS) is 11.7. The van der Waals surface area contributed by atoms with E-state index in [9.17, 15) is 17.6 Å². The minimum atomic E-state index is -4.59. The minimum Gasteiger partial charge on any atom is -0.207 e. The van der Waals surface area contributed by atoms with E-state index >= 15 is 0 Å². The van der Waals surface area contributed by atoms with Crippen LogP contribution in [-0.2, 0) is 6.18 Å². The molecule has 0 nitrogen and oxygen atoms in total. The van der Waals surface area contributed by atoms with E-state index in [0.29, 0.717) is 5.56 Å². The topological polar surface area (TPSA) is 0 Å². The Balaban J connectivity index is 2.11. The fraction of sp³-hybridized carbons (Fsp3) is 0.217. The number of rotatable bonds is 2. The summed E-state index contributed by atoms with van der Waals surface area (Å²) in [4.78, 5) is 0. The van der Waals surface area contributed by atoms with Gasteiger partial charge in [0.05, 0.1) is 5.56 Å². The molecule has 3 aromatic rings. The number of alkyl halides is 3. The SMILES string of the molecule is Cc1ccc(-c2ccc(-c3cc(F)c(C)c(C(F)(F)F)c3)c(C)c2)c(C)c1. The van der Waals surface area contributed by atoms with Crippen LogP contribution < -0.4 is 0 Å². The molecule has 3 rings (SSSR count). The van der Waals surface area contributed by atoms with Crippen LogP contribution in [0.2, 0.25) is 0 Å². The summed E-state index contributed by atoms with van der Waals surface area (Å²) in [6.07, 6.45) is -4.59. The van der Waals surface area contributed by atoms with Gasteiger partial charge in [0.2, 0.25) is 0 Å². The van der Waals surface area contributed by atoms with Crippen LogP contribution in [-0.4, -0.2) is 0 Å². The lowest BCUT2D eigenvalue weighted by atomic mass is 9.92. The molecule has 0 amide bonds. The molecule has 0 aliphatic carbocycles. The average molecular weight is 372 g/mol. The molecule has 0 spiro atoms. The van der Waals surface area contributed by atoms with Crippen LogP contribution in [0.1, 0.15) is 27.8 Å². The number of hydrogen-bond donors (Lipinski definition) is 0. The molecule has 4 heteroatoms. The van der Waals surface area contributed by atoms with Crippen molar-refractivity contribution in [2.45, 2.75) is 33.9 Å². The quantitative estimate of drug-likeness (QED) is 0.411. The van der Waals surface area contributed by atoms with Gasteiger partial charge in [0.25, 0.3) is 0 Å². The second-order valence-electron chi connectivity index (χ2n) is 6.98. The third-order valence-electron chi connectivity index (χ3n) is 4.88. The van der Waals surface area contributed by atoms with E-state index in [-0.39, 0.29) is 11.1 Å². The zero-order valence-corrected chi connectivity index (χ0v) is 15.6. The van der Waals surface area contributed by atoms with Gasteiger partial charge < -0.3 is 0 Å². The molecular formula is C23H20F4. The van der Waals surface area contributed by atoms with E-state index in [1.54, 1.807) is 6.07 Å². The molecule has 0 aliphatic rings. The third kappa shape index (κ3) is 3.75. The maximum absolute atomic E-state index is 14.1. The predicted molar refractivity (Wildman–Crippen MR) is 101 cm³/mol. The lowest BCUT2D eigenvalue weighted by Crippen LogP contribution is -2.09. The van der Waals surface area contributed by atoms with Gasteiger partial charge in [-0.05, 0) is 78.8 Å². The number of hydrogen-bond acceptors (Lipinski definition) is 0. The van der Waals surface area contributed by atoms with Crippen molar-refractivity contribution in [3.05, 3.63) is 82.2 Å². The number of aryl methyl sites for hydroxylation is 3.